The predicted octanol–water partition coefficient (Wildman–Crippen LogP) is 0.380. The molecule has 2 heterocycles. The van der Waals surface area contributed by atoms with Gasteiger partial charge in [-0.1, -0.05) is 0 Å². The normalized spacial score (nSPS) is 26.7. The Bertz CT molecular complexity index is 416. The minimum absolute atomic E-state index is 0.0900. The maximum absolute atomic E-state index is 11.9. The Hall–Kier alpha value is -0.500. The summed E-state index contributed by atoms with van der Waals surface area (Å²) in [4.78, 5) is 11.9. The van der Waals surface area contributed by atoms with Gasteiger partial charge in [0.15, 0.2) is 6.29 Å². The van der Waals surface area contributed by atoms with Gasteiger partial charge in [-0.2, -0.15) is 0 Å². The first-order chi connectivity index (χ1) is 8.95. The van der Waals surface area contributed by atoms with Crippen molar-refractivity contribution < 1.29 is 22.7 Å². The molecule has 0 spiro atoms. The van der Waals surface area contributed by atoms with Crippen molar-refractivity contribution in [3.63, 3.8) is 0 Å². The van der Waals surface area contributed by atoms with E-state index in [0.717, 1.165) is 12.8 Å². The van der Waals surface area contributed by atoms with Gasteiger partial charge < -0.3 is 9.47 Å². The monoisotopic (exact) mass is 291 g/mol. The average molecular weight is 291 g/mol. The van der Waals surface area contributed by atoms with Gasteiger partial charge in [0, 0.05) is 19.5 Å². The van der Waals surface area contributed by atoms with Crippen molar-refractivity contribution >= 4 is 15.8 Å². The molecule has 2 fully saturated rings. The number of nitrogens with zero attached hydrogens (tertiary/aromatic N) is 1. The van der Waals surface area contributed by atoms with Crippen LogP contribution in [0.4, 0.5) is 0 Å². The number of hydrogen-bond donors (Lipinski definition) is 0. The Morgan fingerprint density at radius 3 is 2.58 bits per heavy atom. The molecule has 0 aliphatic carbocycles. The summed E-state index contributed by atoms with van der Waals surface area (Å²) in [6.45, 7) is 2.11. The van der Waals surface area contributed by atoms with Crippen LogP contribution in [-0.4, -0.2) is 57.4 Å². The number of ketones is 1. The third-order valence-electron chi connectivity index (χ3n) is 3.55. The Morgan fingerprint density at radius 1 is 1.26 bits per heavy atom. The first-order valence-corrected chi connectivity index (χ1v) is 8.50. The number of ether oxygens (including phenoxy) is 2. The molecule has 6 nitrogen and oxygen atoms in total. The van der Waals surface area contributed by atoms with E-state index in [4.69, 9.17) is 9.47 Å². The van der Waals surface area contributed by atoms with Crippen molar-refractivity contribution in [2.45, 2.75) is 32.0 Å². The maximum Gasteiger partial charge on any atom is 0.211 e. The molecule has 1 atom stereocenters. The quantitative estimate of drug-likeness (QED) is 0.732. The molecule has 2 rings (SSSR count). The van der Waals surface area contributed by atoms with E-state index in [1.54, 1.807) is 0 Å². The van der Waals surface area contributed by atoms with Gasteiger partial charge in [0.1, 0.15) is 5.78 Å². The number of hydrogen-bond acceptors (Lipinski definition) is 5. The number of rotatable bonds is 5. The largest absolute Gasteiger partial charge is 0.350 e. The van der Waals surface area contributed by atoms with Crippen molar-refractivity contribution in [3.05, 3.63) is 0 Å². The Balaban J connectivity index is 1.79. The van der Waals surface area contributed by atoms with Crippen LogP contribution in [0, 0.1) is 5.92 Å². The highest BCUT2D eigenvalue weighted by Gasteiger charge is 2.28. The molecule has 0 aromatic carbocycles. The second kappa shape index (κ2) is 6.30. The van der Waals surface area contributed by atoms with Crippen LogP contribution in [0.1, 0.15) is 25.7 Å². The zero-order valence-corrected chi connectivity index (χ0v) is 12.0. The number of sulfonamides is 1. The first kappa shape index (κ1) is 14.9. The van der Waals surface area contributed by atoms with E-state index in [1.165, 1.54) is 10.6 Å². The fourth-order valence-corrected chi connectivity index (χ4v) is 3.55. The lowest BCUT2D eigenvalue weighted by molar-refractivity contribution is -0.128. The van der Waals surface area contributed by atoms with E-state index >= 15 is 0 Å². The van der Waals surface area contributed by atoms with Crippen LogP contribution < -0.4 is 0 Å². The van der Waals surface area contributed by atoms with E-state index < -0.39 is 16.3 Å². The third-order valence-corrected chi connectivity index (χ3v) is 4.82. The fraction of sp³-hybridized carbons (Fsp3) is 0.917. The van der Waals surface area contributed by atoms with E-state index in [9.17, 15) is 13.2 Å². The van der Waals surface area contributed by atoms with Crippen molar-refractivity contribution in [1.82, 2.24) is 4.31 Å². The number of carbonyl (C=O) groups excluding carboxylic acids is 1. The summed E-state index contributed by atoms with van der Waals surface area (Å²) in [7, 11) is -3.14. The minimum atomic E-state index is -3.14. The molecule has 0 saturated carbocycles. The van der Waals surface area contributed by atoms with Crippen LogP contribution in [0.15, 0.2) is 0 Å². The summed E-state index contributed by atoms with van der Waals surface area (Å²) in [5.74, 6) is 0.213. The maximum atomic E-state index is 11.9. The van der Waals surface area contributed by atoms with E-state index in [0.29, 0.717) is 32.7 Å². The molecule has 0 radical (unpaired) electrons. The fourth-order valence-electron chi connectivity index (χ4n) is 2.61. The average Bonchev–Trinajstić information content (AvgIpc) is 2.80. The molecule has 0 aromatic rings. The Morgan fingerprint density at radius 2 is 1.95 bits per heavy atom. The van der Waals surface area contributed by atoms with Gasteiger partial charge in [-0.05, 0) is 18.8 Å². The predicted molar refractivity (Wildman–Crippen MR) is 69.1 cm³/mol. The smallest absolute Gasteiger partial charge is 0.211 e. The summed E-state index contributed by atoms with van der Waals surface area (Å²) in [5.41, 5.74) is 0. The molecular weight excluding hydrogens is 270 g/mol. The molecule has 2 aliphatic heterocycles. The zero-order chi connectivity index (χ0) is 13.9. The van der Waals surface area contributed by atoms with Gasteiger partial charge in [0.05, 0.1) is 25.9 Å². The highest BCUT2D eigenvalue weighted by molar-refractivity contribution is 7.88. The SMILES string of the molecule is CS(=O)(=O)N1CCCC(CC(=O)CC2OCCO2)C1. The Kier molecular flexibility index (Phi) is 4.94. The lowest BCUT2D eigenvalue weighted by Crippen LogP contribution is -2.40. The highest BCUT2D eigenvalue weighted by atomic mass is 32.2. The number of piperidine rings is 1. The molecule has 0 amide bonds. The van der Waals surface area contributed by atoms with Crippen molar-refractivity contribution in [2.24, 2.45) is 5.92 Å². The molecule has 110 valence electrons. The van der Waals surface area contributed by atoms with Crippen LogP contribution in [0.25, 0.3) is 0 Å². The van der Waals surface area contributed by atoms with Crippen molar-refractivity contribution in [1.29, 1.82) is 0 Å². The van der Waals surface area contributed by atoms with Crippen LogP contribution in [0.3, 0.4) is 0 Å². The molecule has 1 unspecified atom stereocenters. The number of Topliss-reactive ketones (excluding diaryl/α,β-unsaturated/α-hetero) is 1. The van der Waals surface area contributed by atoms with Crippen LogP contribution in [0.2, 0.25) is 0 Å². The topological polar surface area (TPSA) is 72.9 Å². The minimum Gasteiger partial charge on any atom is -0.350 e. The second-order valence-corrected chi connectivity index (χ2v) is 7.23. The first-order valence-electron chi connectivity index (χ1n) is 6.65. The van der Waals surface area contributed by atoms with Gasteiger partial charge in [-0.3, -0.25) is 4.79 Å². The molecule has 19 heavy (non-hydrogen) atoms. The van der Waals surface area contributed by atoms with Gasteiger partial charge in [0.2, 0.25) is 10.0 Å². The van der Waals surface area contributed by atoms with Gasteiger partial charge in [-0.15, -0.1) is 0 Å². The highest BCUT2D eigenvalue weighted by Crippen LogP contribution is 2.23. The van der Waals surface area contributed by atoms with Crippen LogP contribution in [0.5, 0.6) is 0 Å². The van der Waals surface area contributed by atoms with Crippen molar-refractivity contribution in [2.75, 3.05) is 32.6 Å². The summed E-state index contributed by atoms with van der Waals surface area (Å²) in [6.07, 6.45) is 3.23. The van der Waals surface area contributed by atoms with Crippen LogP contribution >= 0.6 is 0 Å². The van der Waals surface area contributed by atoms with E-state index in [2.05, 4.69) is 0 Å². The molecule has 2 aliphatic rings. The van der Waals surface area contributed by atoms with Crippen LogP contribution in [-0.2, 0) is 24.3 Å². The molecule has 0 aromatic heterocycles. The van der Waals surface area contributed by atoms with Gasteiger partial charge in [0.25, 0.3) is 0 Å². The molecule has 7 heteroatoms. The van der Waals surface area contributed by atoms with Gasteiger partial charge >= 0.3 is 0 Å². The summed E-state index contributed by atoms with van der Waals surface area (Å²) in [6, 6.07) is 0. The molecule has 2 saturated heterocycles. The second-order valence-electron chi connectivity index (χ2n) is 5.25. The summed E-state index contributed by atoms with van der Waals surface area (Å²) < 4.78 is 34.9. The summed E-state index contributed by atoms with van der Waals surface area (Å²) >= 11 is 0. The molecular formula is C12H21NO5S. The lowest BCUT2D eigenvalue weighted by atomic mass is 9.93. The lowest BCUT2D eigenvalue weighted by Gasteiger charge is -2.30. The standard InChI is InChI=1S/C12H21NO5S/c1-19(15,16)13-4-2-3-10(9-13)7-11(14)8-12-17-5-6-18-12/h10,12H,2-9H2,1H3. The zero-order valence-electron chi connectivity index (χ0n) is 11.2. The molecule has 0 N–H and O–H groups in total. The third kappa shape index (κ3) is 4.52. The summed E-state index contributed by atoms with van der Waals surface area (Å²) in [5, 5.41) is 0. The van der Waals surface area contributed by atoms with E-state index in [1.807, 2.05) is 0 Å². The number of carbonyl (C=O) groups is 1. The Labute approximate surface area is 114 Å². The van der Waals surface area contributed by atoms with Gasteiger partial charge in [-0.25, -0.2) is 12.7 Å². The van der Waals surface area contributed by atoms with E-state index in [-0.39, 0.29) is 18.1 Å². The molecule has 0 bridgehead atoms. The van der Waals surface area contributed by atoms with Crippen molar-refractivity contribution in [3.8, 4) is 0 Å².